The third-order valence-electron chi connectivity index (χ3n) is 3.56. The van der Waals surface area contributed by atoms with Gasteiger partial charge >= 0.3 is 5.97 Å². The van der Waals surface area contributed by atoms with Gasteiger partial charge in [0.1, 0.15) is 0 Å². The average Bonchev–Trinajstić information content (AvgIpc) is 2.68. The fourth-order valence-electron chi connectivity index (χ4n) is 2.33. The molecule has 1 saturated carbocycles. The molecular formula is C13H15F2NO4S. The fourth-order valence-corrected chi connectivity index (χ4v) is 3.65. The second kappa shape index (κ2) is 5.34. The van der Waals surface area contributed by atoms with Gasteiger partial charge in [-0.05, 0) is 37.5 Å². The van der Waals surface area contributed by atoms with Crippen molar-refractivity contribution < 1.29 is 27.1 Å². The summed E-state index contributed by atoms with van der Waals surface area (Å²) >= 11 is 0. The Morgan fingerprint density at radius 3 is 2.62 bits per heavy atom. The van der Waals surface area contributed by atoms with Crippen molar-refractivity contribution in [2.45, 2.75) is 43.0 Å². The van der Waals surface area contributed by atoms with E-state index in [4.69, 9.17) is 5.11 Å². The van der Waals surface area contributed by atoms with Crippen molar-refractivity contribution in [2.24, 2.45) is 0 Å². The van der Waals surface area contributed by atoms with E-state index in [9.17, 15) is 22.0 Å². The van der Waals surface area contributed by atoms with Gasteiger partial charge in [0.15, 0.2) is 0 Å². The van der Waals surface area contributed by atoms with Crippen LogP contribution in [0.1, 0.15) is 35.2 Å². The SMILES string of the molecule is Cc1ccc(S(=O)(=O)NC2CCCC2(F)F)cc1C(=O)O. The van der Waals surface area contributed by atoms with Crippen LogP contribution in [0, 0.1) is 6.92 Å². The highest BCUT2D eigenvalue weighted by Crippen LogP contribution is 2.35. The number of aromatic carboxylic acids is 1. The Kier molecular flexibility index (Phi) is 4.03. The van der Waals surface area contributed by atoms with Gasteiger partial charge in [-0.15, -0.1) is 0 Å². The van der Waals surface area contributed by atoms with E-state index in [0.717, 1.165) is 6.07 Å². The van der Waals surface area contributed by atoms with Crippen molar-refractivity contribution in [1.82, 2.24) is 4.72 Å². The van der Waals surface area contributed by atoms with Gasteiger partial charge in [0.2, 0.25) is 10.0 Å². The molecule has 0 saturated heterocycles. The standard InChI is InChI=1S/C13H15F2NO4S/c1-8-4-5-9(7-10(8)12(17)18)21(19,20)16-11-3-2-6-13(11,14)15/h4-5,7,11,16H,2-3,6H2,1H3,(H,17,18). The lowest BCUT2D eigenvalue weighted by molar-refractivity contribution is -0.0113. The first-order valence-corrected chi connectivity index (χ1v) is 7.86. The van der Waals surface area contributed by atoms with Crippen LogP contribution in [0.5, 0.6) is 0 Å². The molecular weight excluding hydrogens is 304 g/mol. The predicted octanol–water partition coefficient (Wildman–Crippen LogP) is 2.16. The molecule has 0 radical (unpaired) electrons. The number of sulfonamides is 1. The van der Waals surface area contributed by atoms with Crippen LogP contribution in [0.2, 0.25) is 0 Å². The highest BCUT2D eigenvalue weighted by Gasteiger charge is 2.45. The molecule has 0 amide bonds. The summed E-state index contributed by atoms with van der Waals surface area (Å²) in [6, 6.07) is 2.08. The first-order valence-electron chi connectivity index (χ1n) is 6.37. The molecule has 2 rings (SSSR count). The molecule has 21 heavy (non-hydrogen) atoms. The van der Waals surface area contributed by atoms with Crippen LogP contribution in [-0.4, -0.2) is 31.5 Å². The Labute approximate surface area is 121 Å². The second-order valence-corrected chi connectivity index (χ2v) is 6.82. The van der Waals surface area contributed by atoms with Crippen LogP contribution in [0.15, 0.2) is 23.1 Å². The molecule has 8 heteroatoms. The summed E-state index contributed by atoms with van der Waals surface area (Å²) in [4.78, 5) is 10.7. The second-order valence-electron chi connectivity index (χ2n) is 5.11. The van der Waals surface area contributed by atoms with E-state index in [-0.39, 0.29) is 29.7 Å². The third-order valence-corrected chi connectivity index (χ3v) is 5.03. The lowest BCUT2D eigenvalue weighted by atomic mass is 10.1. The molecule has 1 aromatic rings. The van der Waals surface area contributed by atoms with Crippen LogP contribution in [0.4, 0.5) is 8.78 Å². The average molecular weight is 319 g/mol. The van der Waals surface area contributed by atoms with Gasteiger partial charge in [0, 0.05) is 6.42 Å². The summed E-state index contributed by atoms with van der Waals surface area (Å²) in [5.74, 6) is -4.34. The molecule has 116 valence electrons. The number of hydrogen-bond donors (Lipinski definition) is 2. The number of carboxylic acid groups (broad SMARTS) is 1. The lowest BCUT2D eigenvalue weighted by Gasteiger charge is -2.20. The Bertz CT molecular complexity index is 673. The van der Waals surface area contributed by atoms with Crippen molar-refractivity contribution in [3.63, 3.8) is 0 Å². The van der Waals surface area contributed by atoms with E-state index in [2.05, 4.69) is 0 Å². The highest BCUT2D eigenvalue weighted by molar-refractivity contribution is 7.89. The summed E-state index contributed by atoms with van der Waals surface area (Å²) < 4.78 is 53.2. The molecule has 0 aliphatic heterocycles. The molecule has 0 aromatic heterocycles. The maximum absolute atomic E-state index is 13.5. The van der Waals surface area contributed by atoms with Crippen molar-refractivity contribution >= 4 is 16.0 Å². The Morgan fingerprint density at radius 1 is 1.43 bits per heavy atom. The number of rotatable bonds is 4. The smallest absolute Gasteiger partial charge is 0.335 e. The fraction of sp³-hybridized carbons (Fsp3) is 0.462. The first-order chi connectivity index (χ1) is 9.63. The molecule has 1 atom stereocenters. The van der Waals surface area contributed by atoms with Gasteiger partial charge in [-0.2, -0.15) is 0 Å². The number of hydrogen-bond acceptors (Lipinski definition) is 3. The maximum atomic E-state index is 13.5. The van der Waals surface area contributed by atoms with E-state index in [1.165, 1.54) is 19.1 Å². The van der Waals surface area contributed by atoms with Crippen molar-refractivity contribution in [3.05, 3.63) is 29.3 Å². The number of nitrogens with one attached hydrogen (secondary N) is 1. The molecule has 0 bridgehead atoms. The lowest BCUT2D eigenvalue weighted by Crippen LogP contribution is -2.43. The molecule has 1 aliphatic carbocycles. The zero-order valence-corrected chi connectivity index (χ0v) is 12.1. The molecule has 2 N–H and O–H groups in total. The number of carbonyl (C=O) groups is 1. The maximum Gasteiger partial charge on any atom is 0.335 e. The molecule has 1 unspecified atom stereocenters. The van der Waals surface area contributed by atoms with Crippen LogP contribution >= 0.6 is 0 Å². The molecule has 1 aromatic carbocycles. The molecule has 0 spiro atoms. The van der Waals surface area contributed by atoms with Crippen LogP contribution < -0.4 is 4.72 Å². The quantitative estimate of drug-likeness (QED) is 0.891. The largest absolute Gasteiger partial charge is 0.478 e. The van der Waals surface area contributed by atoms with Crippen LogP contribution in [0.25, 0.3) is 0 Å². The monoisotopic (exact) mass is 319 g/mol. The zero-order valence-electron chi connectivity index (χ0n) is 11.3. The summed E-state index contributed by atoms with van der Waals surface area (Å²) in [6.45, 7) is 1.53. The number of aryl methyl sites for hydroxylation is 1. The summed E-state index contributed by atoms with van der Waals surface area (Å²) in [6.07, 6.45) is -0.0488. The Balaban J connectivity index is 2.32. The van der Waals surface area contributed by atoms with Gasteiger partial charge in [-0.1, -0.05) is 6.07 Å². The van der Waals surface area contributed by atoms with Crippen LogP contribution in [0.3, 0.4) is 0 Å². The Hall–Kier alpha value is -1.54. The number of alkyl halides is 2. The van der Waals surface area contributed by atoms with E-state index in [1.807, 2.05) is 4.72 Å². The summed E-state index contributed by atoms with van der Waals surface area (Å²) in [7, 11) is -4.18. The summed E-state index contributed by atoms with van der Waals surface area (Å²) in [5, 5.41) is 8.99. The van der Waals surface area contributed by atoms with Gasteiger partial charge < -0.3 is 5.11 Å². The molecule has 1 aliphatic rings. The zero-order chi connectivity index (χ0) is 15.8. The van der Waals surface area contributed by atoms with Crippen molar-refractivity contribution in [1.29, 1.82) is 0 Å². The van der Waals surface area contributed by atoms with Gasteiger partial charge in [-0.25, -0.2) is 26.7 Å². The van der Waals surface area contributed by atoms with E-state index in [1.54, 1.807) is 0 Å². The predicted molar refractivity (Wildman–Crippen MR) is 71.0 cm³/mol. The number of benzene rings is 1. The molecule has 0 heterocycles. The van der Waals surface area contributed by atoms with Crippen molar-refractivity contribution in [2.75, 3.05) is 0 Å². The topological polar surface area (TPSA) is 83.5 Å². The van der Waals surface area contributed by atoms with E-state index >= 15 is 0 Å². The number of halogens is 2. The minimum atomic E-state index is -4.18. The van der Waals surface area contributed by atoms with Crippen molar-refractivity contribution in [3.8, 4) is 0 Å². The van der Waals surface area contributed by atoms with Gasteiger partial charge in [0.05, 0.1) is 16.5 Å². The van der Waals surface area contributed by atoms with Crippen LogP contribution in [-0.2, 0) is 10.0 Å². The normalized spacial score (nSPS) is 21.4. The third kappa shape index (κ3) is 3.21. The van der Waals surface area contributed by atoms with E-state index < -0.39 is 28.0 Å². The first kappa shape index (κ1) is 15.8. The summed E-state index contributed by atoms with van der Waals surface area (Å²) in [5.41, 5.74) is 0.226. The highest BCUT2D eigenvalue weighted by atomic mass is 32.2. The minimum absolute atomic E-state index is 0.0594. The van der Waals surface area contributed by atoms with Gasteiger partial charge in [0.25, 0.3) is 5.92 Å². The minimum Gasteiger partial charge on any atom is -0.478 e. The Morgan fingerprint density at radius 2 is 2.10 bits per heavy atom. The molecule has 1 fully saturated rings. The van der Waals surface area contributed by atoms with E-state index in [0.29, 0.717) is 5.56 Å². The van der Waals surface area contributed by atoms with Gasteiger partial charge in [-0.3, -0.25) is 0 Å². The number of carboxylic acids is 1. The molecule has 5 nitrogen and oxygen atoms in total.